The molecule has 0 spiro atoms. The second-order valence-corrected chi connectivity index (χ2v) is 4.81. The Morgan fingerprint density at radius 3 is 2.10 bits per heavy atom. The number of rotatable bonds is 5. The highest BCUT2D eigenvalue weighted by molar-refractivity contribution is 6.04. The van der Waals surface area contributed by atoms with Crippen LogP contribution in [0.15, 0.2) is 72.8 Å². The molecule has 0 heterocycles. The van der Waals surface area contributed by atoms with Crippen molar-refractivity contribution in [2.24, 2.45) is 0 Å². The zero-order chi connectivity index (χ0) is 14.4. The lowest BCUT2D eigenvalue weighted by atomic mass is 10.1. The van der Waals surface area contributed by atoms with Crippen molar-refractivity contribution >= 4 is 11.6 Å². The molecule has 0 aliphatic heterocycles. The Hall–Kier alpha value is -2.35. The van der Waals surface area contributed by atoms with E-state index in [0.29, 0.717) is 12.1 Å². The number of hydrogen-bond acceptors (Lipinski definition) is 1. The van der Waals surface area contributed by atoms with E-state index in [1.807, 2.05) is 48.5 Å². The Balaban J connectivity index is 2.15. The zero-order valence-corrected chi connectivity index (χ0v) is 11.8. The number of carbonyl (C=O) groups is 1. The lowest BCUT2D eigenvalue weighted by Crippen LogP contribution is -2.33. The lowest BCUT2D eigenvalue weighted by molar-refractivity contribution is -0.115. The van der Waals surface area contributed by atoms with Gasteiger partial charge in [0.2, 0.25) is 0 Å². The van der Waals surface area contributed by atoms with Crippen LogP contribution in [0.2, 0.25) is 0 Å². The highest BCUT2D eigenvalue weighted by Gasteiger charge is 2.15. The van der Waals surface area contributed by atoms with Crippen molar-refractivity contribution in [1.82, 2.24) is 0 Å². The standard InChI is InChI=1S/C18H19NO/c1-15(2)18(20)19(17-11-7-4-8-12-17)14-13-16-9-5-3-6-10-16/h3-12H,1,13-14H2,2H3. The summed E-state index contributed by atoms with van der Waals surface area (Å²) in [5, 5.41) is 0. The summed E-state index contributed by atoms with van der Waals surface area (Å²) in [7, 11) is 0. The van der Waals surface area contributed by atoms with E-state index in [0.717, 1.165) is 12.1 Å². The van der Waals surface area contributed by atoms with Gasteiger partial charge in [-0.15, -0.1) is 0 Å². The molecule has 0 unspecified atom stereocenters. The average molecular weight is 265 g/mol. The number of benzene rings is 2. The van der Waals surface area contributed by atoms with Crippen LogP contribution in [0.1, 0.15) is 12.5 Å². The Labute approximate surface area is 120 Å². The average Bonchev–Trinajstić information content (AvgIpc) is 2.49. The van der Waals surface area contributed by atoms with Gasteiger partial charge in [-0.3, -0.25) is 4.79 Å². The molecule has 0 aliphatic rings. The van der Waals surface area contributed by atoms with Crippen LogP contribution in [0.25, 0.3) is 0 Å². The summed E-state index contributed by atoms with van der Waals surface area (Å²) in [6, 6.07) is 19.9. The summed E-state index contributed by atoms with van der Waals surface area (Å²) >= 11 is 0. The summed E-state index contributed by atoms with van der Waals surface area (Å²) in [4.78, 5) is 14.1. The molecule has 0 aliphatic carbocycles. The highest BCUT2D eigenvalue weighted by atomic mass is 16.2. The van der Waals surface area contributed by atoms with Gasteiger partial charge in [0.05, 0.1) is 0 Å². The first-order chi connectivity index (χ1) is 9.68. The molecule has 1 amide bonds. The van der Waals surface area contributed by atoms with Crippen LogP contribution in [-0.2, 0) is 11.2 Å². The Morgan fingerprint density at radius 2 is 1.55 bits per heavy atom. The fourth-order valence-electron chi connectivity index (χ4n) is 2.07. The SMILES string of the molecule is C=C(C)C(=O)N(CCc1ccccc1)c1ccccc1. The fourth-order valence-corrected chi connectivity index (χ4v) is 2.07. The molecule has 0 radical (unpaired) electrons. The molecule has 0 aromatic heterocycles. The van der Waals surface area contributed by atoms with Crippen molar-refractivity contribution in [3.63, 3.8) is 0 Å². The number of para-hydroxylation sites is 1. The third-order valence-corrected chi connectivity index (χ3v) is 3.15. The first-order valence-corrected chi connectivity index (χ1v) is 6.75. The van der Waals surface area contributed by atoms with Crippen LogP contribution in [0.5, 0.6) is 0 Å². The van der Waals surface area contributed by atoms with Gasteiger partial charge in [0.25, 0.3) is 5.91 Å². The molecule has 2 aromatic carbocycles. The van der Waals surface area contributed by atoms with Gasteiger partial charge in [-0.1, -0.05) is 55.1 Å². The molecule has 0 saturated heterocycles. The highest BCUT2D eigenvalue weighted by Crippen LogP contribution is 2.16. The smallest absolute Gasteiger partial charge is 0.253 e. The fraction of sp³-hybridized carbons (Fsp3) is 0.167. The maximum atomic E-state index is 12.3. The predicted octanol–water partition coefficient (Wildman–Crippen LogP) is 3.84. The summed E-state index contributed by atoms with van der Waals surface area (Å²) in [6.07, 6.45) is 0.828. The van der Waals surface area contributed by atoms with Gasteiger partial charge in [-0.25, -0.2) is 0 Å². The minimum Gasteiger partial charge on any atom is -0.308 e. The van der Waals surface area contributed by atoms with Crippen molar-refractivity contribution < 1.29 is 4.79 Å². The summed E-state index contributed by atoms with van der Waals surface area (Å²) in [5.74, 6) is -0.0212. The molecular weight excluding hydrogens is 246 g/mol. The van der Waals surface area contributed by atoms with Gasteiger partial charge < -0.3 is 4.90 Å². The van der Waals surface area contributed by atoms with Crippen molar-refractivity contribution in [1.29, 1.82) is 0 Å². The number of hydrogen-bond donors (Lipinski definition) is 0. The van der Waals surface area contributed by atoms with E-state index in [9.17, 15) is 4.79 Å². The quantitative estimate of drug-likeness (QED) is 0.752. The Morgan fingerprint density at radius 1 is 1.00 bits per heavy atom. The van der Waals surface area contributed by atoms with E-state index in [-0.39, 0.29) is 5.91 Å². The van der Waals surface area contributed by atoms with Gasteiger partial charge in [0.15, 0.2) is 0 Å². The lowest BCUT2D eigenvalue weighted by Gasteiger charge is -2.23. The Bertz CT molecular complexity index is 575. The van der Waals surface area contributed by atoms with E-state index in [4.69, 9.17) is 0 Å². The van der Waals surface area contributed by atoms with Gasteiger partial charge in [-0.2, -0.15) is 0 Å². The summed E-state index contributed by atoms with van der Waals surface area (Å²) in [5.41, 5.74) is 2.70. The predicted molar refractivity (Wildman–Crippen MR) is 83.8 cm³/mol. The minimum absolute atomic E-state index is 0.0212. The van der Waals surface area contributed by atoms with Crippen molar-refractivity contribution in [3.05, 3.63) is 78.4 Å². The molecule has 0 atom stereocenters. The first kappa shape index (κ1) is 14.1. The molecule has 20 heavy (non-hydrogen) atoms. The first-order valence-electron chi connectivity index (χ1n) is 6.75. The van der Waals surface area contributed by atoms with E-state index < -0.39 is 0 Å². The number of anilines is 1. The molecule has 2 heteroatoms. The van der Waals surface area contributed by atoms with Crippen LogP contribution >= 0.6 is 0 Å². The Kier molecular flexibility index (Phi) is 4.72. The molecule has 0 fully saturated rings. The van der Waals surface area contributed by atoms with Crippen molar-refractivity contribution in [2.45, 2.75) is 13.3 Å². The van der Waals surface area contributed by atoms with Crippen LogP contribution in [-0.4, -0.2) is 12.5 Å². The van der Waals surface area contributed by atoms with E-state index in [2.05, 4.69) is 18.7 Å². The normalized spacial score (nSPS) is 10.1. The molecule has 102 valence electrons. The van der Waals surface area contributed by atoms with Crippen molar-refractivity contribution in [2.75, 3.05) is 11.4 Å². The van der Waals surface area contributed by atoms with Crippen LogP contribution in [0, 0.1) is 0 Å². The van der Waals surface area contributed by atoms with Gasteiger partial charge in [0, 0.05) is 17.8 Å². The minimum atomic E-state index is -0.0212. The van der Waals surface area contributed by atoms with Crippen LogP contribution in [0.4, 0.5) is 5.69 Å². The van der Waals surface area contributed by atoms with E-state index in [1.165, 1.54) is 5.56 Å². The molecule has 0 saturated carbocycles. The molecule has 0 N–H and O–H groups in total. The van der Waals surface area contributed by atoms with Gasteiger partial charge in [0.1, 0.15) is 0 Å². The zero-order valence-electron chi connectivity index (χ0n) is 11.8. The topological polar surface area (TPSA) is 20.3 Å². The molecular formula is C18H19NO. The molecule has 2 aromatic rings. The second-order valence-electron chi connectivity index (χ2n) is 4.81. The van der Waals surface area contributed by atoms with Crippen LogP contribution < -0.4 is 4.90 Å². The molecule has 2 nitrogen and oxygen atoms in total. The maximum absolute atomic E-state index is 12.3. The molecule has 2 rings (SSSR count). The third kappa shape index (κ3) is 3.58. The third-order valence-electron chi connectivity index (χ3n) is 3.15. The maximum Gasteiger partial charge on any atom is 0.253 e. The second kappa shape index (κ2) is 6.71. The number of amides is 1. The van der Waals surface area contributed by atoms with Crippen molar-refractivity contribution in [3.8, 4) is 0 Å². The molecule has 0 bridgehead atoms. The van der Waals surface area contributed by atoms with Gasteiger partial charge >= 0.3 is 0 Å². The van der Waals surface area contributed by atoms with E-state index >= 15 is 0 Å². The monoisotopic (exact) mass is 265 g/mol. The number of nitrogens with zero attached hydrogens (tertiary/aromatic N) is 1. The number of carbonyl (C=O) groups excluding carboxylic acids is 1. The van der Waals surface area contributed by atoms with Gasteiger partial charge in [-0.05, 0) is 31.0 Å². The van der Waals surface area contributed by atoms with E-state index in [1.54, 1.807) is 11.8 Å². The van der Waals surface area contributed by atoms with Crippen LogP contribution in [0.3, 0.4) is 0 Å². The largest absolute Gasteiger partial charge is 0.308 e. The summed E-state index contributed by atoms with van der Waals surface area (Å²) in [6.45, 7) is 6.17. The summed E-state index contributed by atoms with van der Waals surface area (Å²) < 4.78 is 0.